The number of aromatic nitrogens is 6. The molecule has 0 N–H and O–H groups in total. The Bertz CT molecular complexity index is 787. The molecule has 0 atom stereocenters. The molecule has 1 aliphatic rings. The summed E-state index contributed by atoms with van der Waals surface area (Å²) in [5.41, 5.74) is 0.792. The van der Waals surface area contributed by atoms with Crippen molar-refractivity contribution in [3.63, 3.8) is 0 Å². The lowest BCUT2D eigenvalue weighted by molar-refractivity contribution is 0.197. The summed E-state index contributed by atoms with van der Waals surface area (Å²) in [6.45, 7) is 5.91. The summed E-state index contributed by atoms with van der Waals surface area (Å²) in [6, 6.07) is 4.56. The van der Waals surface area contributed by atoms with Crippen molar-refractivity contribution in [1.29, 1.82) is 0 Å². The molecule has 23 heavy (non-hydrogen) atoms. The van der Waals surface area contributed by atoms with E-state index < -0.39 is 0 Å². The maximum Gasteiger partial charge on any atom is 0.178 e. The van der Waals surface area contributed by atoms with Crippen LogP contribution in [0, 0.1) is 6.92 Å². The molecule has 8 heteroatoms. The van der Waals surface area contributed by atoms with Gasteiger partial charge in [0.05, 0.1) is 6.33 Å². The number of imidazole rings is 1. The molecule has 0 amide bonds. The first-order valence-electron chi connectivity index (χ1n) is 7.81. The quantitative estimate of drug-likeness (QED) is 0.681. The fourth-order valence-electron chi connectivity index (χ4n) is 2.85. The summed E-state index contributed by atoms with van der Waals surface area (Å²) in [4.78, 5) is 8.76. The van der Waals surface area contributed by atoms with Gasteiger partial charge in [-0.3, -0.25) is 4.90 Å². The summed E-state index contributed by atoms with van der Waals surface area (Å²) in [6.07, 6.45) is 5.68. The zero-order valence-electron chi connectivity index (χ0n) is 13.4. The molecule has 0 spiro atoms. The molecule has 4 heterocycles. The molecule has 0 radical (unpaired) electrons. The molecule has 3 aromatic rings. The van der Waals surface area contributed by atoms with E-state index in [4.69, 9.17) is 0 Å². The summed E-state index contributed by atoms with van der Waals surface area (Å²) in [5.74, 6) is 1.80. The summed E-state index contributed by atoms with van der Waals surface area (Å²) in [5, 5.41) is 12.7. The molecule has 0 saturated carbocycles. The molecule has 0 bridgehead atoms. The van der Waals surface area contributed by atoms with Crippen LogP contribution >= 0.6 is 0 Å². The molecule has 1 fully saturated rings. The molecule has 4 rings (SSSR count). The van der Waals surface area contributed by atoms with Crippen molar-refractivity contribution in [3.8, 4) is 0 Å². The number of aryl methyl sites for hydroxylation is 1. The van der Waals surface area contributed by atoms with Crippen molar-refractivity contribution < 1.29 is 0 Å². The highest BCUT2D eigenvalue weighted by molar-refractivity contribution is 5.47. The molecule has 0 unspecified atom stereocenters. The second kappa shape index (κ2) is 5.62. The van der Waals surface area contributed by atoms with Crippen molar-refractivity contribution in [2.24, 2.45) is 0 Å². The first-order valence-corrected chi connectivity index (χ1v) is 7.81. The number of fused-ring (bicyclic) bond motifs is 1. The van der Waals surface area contributed by atoms with Crippen molar-refractivity contribution in [2.45, 2.75) is 19.5 Å². The second-order valence-corrected chi connectivity index (χ2v) is 6.05. The smallest absolute Gasteiger partial charge is 0.178 e. The number of rotatable bonds is 5. The Kier molecular flexibility index (Phi) is 3.45. The van der Waals surface area contributed by atoms with Gasteiger partial charge in [0.25, 0.3) is 0 Å². The maximum absolute atomic E-state index is 4.62. The van der Waals surface area contributed by atoms with Gasteiger partial charge in [0.2, 0.25) is 0 Å². The summed E-state index contributed by atoms with van der Waals surface area (Å²) < 4.78 is 3.91. The second-order valence-electron chi connectivity index (χ2n) is 6.05. The van der Waals surface area contributed by atoms with Gasteiger partial charge in [-0.2, -0.15) is 4.52 Å². The molecule has 3 aromatic heterocycles. The highest BCUT2D eigenvalue weighted by Crippen LogP contribution is 2.21. The van der Waals surface area contributed by atoms with Crippen LogP contribution in [0.2, 0.25) is 0 Å². The minimum atomic E-state index is 0.568. The van der Waals surface area contributed by atoms with Crippen molar-refractivity contribution in [2.75, 3.05) is 31.6 Å². The third-order valence-electron chi connectivity index (χ3n) is 4.48. The normalized spacial score (nSPS) is 15.5. The maximum atomic E-state index is 4.62. The number of hydrogen-bond donors (Lipinski definition) is 0. The lowest BCUT2D eigenvalue weighted by Crippen LogP contribution is -2.59. The van der Waals surface area contributed by atoms with Crippen molar-refractivity contribution >= 4 is 11.5 Å². The van der Waals surface area contributed by atoms with Crippen LogP contribution in [-0.2, 0) is 6.54 Å². The highest BCUT2D eigenvalue weighted by atomic mass is 15.4. The van der Waals surface area contributed by atoms with E-state index in [-0.39, 0.29) is 0 Å². The lowest BCUT2D eigenvalue weighted by Gasteiger charge is -2.44. The third kappa shape index (κ3) is 2.65. The van der Waals surface area contributed by atoms with E-state index in [1.54, 1.807) is 4.52 Å². The Hall–Kier alpha value is -2.48. The van der Waals surface area contributed by atoms with Gasteiger partial charge in [-0.15, -0.1) is 15.3 Å². The van der Waals surface area contributed by atoms with E-state index in [2.05, 4.69) is 41.7 Å². The Morgan fingerprint density at radius 2 is 2.13 bits per heavy atom. The summed E-state index contributed by atoms with van der Waals surface area (Å²) in [7, 11) is 2.18. The first kappa shape index (κ1) is 14.1. The van der Waals surface area contributed by atoms with Crippen LogP contribution in [0.5, 0.6) is 0 Å². The van der Waals surface area contributed by atoms with Crippen LogP contribution in [0.1, 0.15) is 5.82 Å². The summed E-state index contributed by atoms with van der Waals surface area (Å²) >= 11 is 0. The number of anilines is 1. The van der Waals surface area contributed by atoms with E-state index >= 15 is 0 Å². The van der Waals surface area contributed by atoms with E-state index in [1.807, 2.05) is 37.8 Å². The SMILES string of the molecule is Cc1nnc2ccc(N3CC(N(C)CCn4ccnc4)C3)nn12. The molecular weight excluding hydrogens is 292 g/mol. The zero-order valence-corrected chi connectivity index (χ0v) is 13.4. The minimum absolute atomic E-state index is 0.568. The number of nitrogens with zero attached hydrogens (tertiary/aromatic N) is 8. The predicted octanol–water partition coefficient (Wildman–Crippen LogP) is 0.450. The lowest BCUT2D eigenvalue weighted by atomic mass is 10.1. The van der Waals surface area contributed by atoms with Crippen LogP contribution in [0.25, 0.3) is 5.65 Å². The van der Waals surface area contributed by atoms with Crippen molar-refractivity contribution in [1.82, 2.24) is 34.3 Å². The van der Waals surface area contributed by atoms with E-state index in [9.17, 15) is 0 Å². The van der Waals surface area contributed by atoms with Gasteiger partial charge in [-0.05, 0) is 26.1 Å². The van der Waals surface area contributed by atoms with Gasteiger partial charge >= 0.3 is 0 Å². The average molecular weight is 312 g/mol. The molecule has 1 saturated heterocycles. The predicted molar refractivity (Wildman–Crippen MR) is 86.4 cm³/mol. The number of hydrogen-bond acceptors (Lipinski definition) is 6. The standard InChI is InChI=1S/C15H20N8/c1-12-17-18-14-3-4-15(19-23(12)14)22-9-13(10-22)20(2)7-8-21-6-5-16-11-21/h3-6,11,13H,7-10H2,1-2H3. The fraction of sp³-hybridized carbons (Fsp3) is 0.467. The first-order chi connectivity index (χ1) is 11.2. The van der Waals surface area contributed by atoms with Gasteiger partial charge in [0.15, 0.2) is 11.5 Å². The van der Waals surface area contributed by atoms with Gasteiger partial charge in [-0.25, -0.2) is 4.98 Å². The fourth-order valence-corrected chi connectivity index (χ4v) is 2.85. The number of likely N-dealkylation sites (N-methyl/N-ethyl adjacent to an activating group) is 1. The van der Waals surface area contributed by atoms with Gasteiger partial charge < -0.3 is 9.47 Å². The zero-order chi connectivity index (χ0) is 15.8. The van der Waals surface area contributed by atoms with Gasteiger partial charge in [-0.1, -0.05) is 0 Å². The van der Waals surface area contributed by atoms with Crippen LogP contribution in [0.4, 0.5) is 5.82 Å². The largest absolute Gasteiger partial charge is 0.352 e. The van der Waals surface area contributed by atoms with E-state index in [1.165, 1.54) is 0 Å². The molecule has 0 aromatic carbocycles. The van der Waals surface area contributed by atoms with Crippen molar-refractivity contribution in [3.05, 3.63) is 36.7 Å². The van der Waals surface area contributed by atoms with Crippen LogP contribution < -0.4 is 4.90 Å². The third-order valence-corrected chi connectivity index (χ3v) is 4.48. The van der Waals surface area contributed by atoms with Crippen LogP contribution in [0.3, 0.4) is 0 Å². The molecular formula is C15H20N8. The van der Waals surface area contributed by atoms with E-state index in [0.29, 0.717) is 6.04 Å². The molecule has 1 aliphatic heterocycles. The highest BCUT2D eigenvalue weighted by Gasteiger charge is 2.31. The topological polar surface area (TPSA) is 67.4 Å². The minimum Gasteiger partial charge on any atom is -0.352 e. The Labute approximate surface area is 134 Å². The average Bonchev–Trinajstić information content (AvgIpc) is 3.14. The van der Waals surface area contributed by atoms with Crippen LogP contribution in [0.15, 0.2) is 30.9 Å². The van der Waals surface area contributed by atoms with E-state index in [0.717, 1.165) is 43.5 Å². The molecule has 8 nitrogen and oxygen atoms in total. The Morgan fingerprint density at radius 3 is 2.91 bits per heavy atom. The monoisotopic (exact) mass is 312 g/mol. The van der Waals surface area contributed by atoms with Gasteiger partial charge in [0.1, 0.15) is 5.82 Å². The molecule has 0 aliphatic carbocycles. The van der Waals surface area contributed by atoms with Crippen LogP contribution in [-0.4, -0.2) is 67.0 Å². The Balaban J connectivity index is 1.35. The Morgan fingerprint density at radius 1 is 1.26 bits per heavy atom. The van der Waals surface area contributed by atoms with Gasteiger partial charge in [0, 0.05) is 44.6 Å². The molecule has 120 valence electrons.